The first-order chi connectivity index (χ1) is 16.0. The van der Waals surface area contributed by atoms with Gasteiger partial charge in [-0.25, -0.2) is 43.9 Å². The first kappa shape index (κ1) is 24.1. The molecule has 2 fully saturated rings. The highest BCUT2D eigenvalue weighted by atomic mass is 19.2. The lowest BCUT2D eigenvalue weighted by molar-refractivity contribution is 0.0694. The third kappa shape index (κ3) is 3.83. The van der Waals surface area contributed by atoms with Crippen LogP contribution in [0.2, 0.25) is 0 Å². The van der Waals surface area contributed by atoms with Gasteiger partial charge in [-0.05, 0) is 0 Å². The van der Waals surface area contributed by atoms with Crippen molar-refractivity contribution in [1.82, 2.24) is 0 Å². The molecular formula is C20H10F10N2O2. The lowest BCUT2D eigenvalue weighted by Gasteiger charge is -2.12. The fourth-order valence-corrected chi connectivity index (χ4v) is 3.53. The average molecular weight is 500 g/mol. The van der Waals surface area contributed by atoms with E-state index in [0.717, 1.165) is 0 Å². The van der Waals surface area contributed by atoms with Crippen LogP contribution >= 0.6 is 0 Å². The smallest absolute Gasteiger partial charge is 0.200 e. The van der Waals surface area contributed by atoms with Crippen molar-refractivity contribution in [3.8, 4) is 0 Å². The van der Waals surface area contributed by atoms with Gasteiger partial charge in [0.05, 0.1) is 24.3 Å². The van der Waals surface area contributed by atoms with Gasteiger partial charge in [-0.1, -0.05) is 0 Å². The van der Waals surface area contributed by atoms with Gasteiger partial charge in [0.1, 0.15) is 24.3 Å². The topological polar surface area (TPSA) is 43.2 Å². The molecule has 0 aromatic heterocycles. The number of rotatable bonds is 4. The van der Waals surface area contributed by atoms with Gasteiger partial charge in [0.15, 0.2) is 46.5 Å². The van der Waals surface area contributed by atoms with Crippen LogP contribution in [-0.2, 0) is 9.47 Å². The molecule has 2 aromatic carbocycles. The molecule has 0 spiro atoms. The molecule has 2 aliphatic heterocycles. The molecule has 0 aliphatic carbocycles. The first-order valence-electron chi connectivity index (χ1n) is 9.37. The summed E-state index contributed by atoms with van der Waals surface area (Å²) in [5, 5.41) is 0. The second-order valence-corrected chi connectivity index (χ2v) is 7.25. The Balaban J connectivity index is 1.53. The lowest BCUT2D eigenvalue weighted by Crippen LogP contribution is -2.30. The summed E-state index contributed by atoms with van der Waals surface area (Å²) >= 11 is 0. The minimum absolute atomic E-state index is 0.240. The molecule has 0 saturated carbocycles. The molecule has 0 radical (unpaired) electrons. The Labute approximate surface area is 183 Å². The summed E-state index contributed by atoms with van der Waals surface area (Å²) in [7, 11) is 0. The zero-order valence-corrected chi connectivity index (χ0v) is 16.4. The molecule has 34 heavy (non-hydrogen) atoms. The quantitative estimate of drug-likeness (QED) is 0.274. The van der Waals surface area contributed by atoms with Crippen molar-refractivity contribution in [2.24, 2.45) is 9.98 Å². The summed E-state index contributed by atoms with van der Waals surface area (Å²) in [4.78, 5) is 7.52. The molecule has 2 aliphatic rings. The standard InChI is InChI=1S/C20H10F10N2O2/c21-9-5(10(22)14(26)17(29)13(9)25)1-31-7-3-33-20-8(4-34-19(7)20)32-2-6-11(23)15(27)18(30)16(28)12(6)24/h1-2,7-8,19-20H,3-4H2/t7-,8-,19+,20+/m0/s1. The van der Waals surface area contributed by atoms with Crippen LogP contribution in [0.25, 0.3) is 0 Å². The van der Waals surface area contributed by atoms with E-state index in [0.29, 0.717) is 12.4 Å². The van der Waals surface area contributed by atoms with Gasteiger partial charge in [-0.2, -0.15) is 0 Å². The second-order valence-electron chi connectivity index (χ2n) is 7.25. The van der Waals surface area contributed by atoms with E-state index in [2.05, 4.69) is 9.98 Å². The Morgan fingerprint density at radius 2 is 0.735 bits per heavy atom. The Hall–Kier alpha value is -3.00. The average Bonchev–Trinajstić information content (AvgIpc) is 3.41. The number of benzene rings is 2. The van der Waals surface area contributed by atoms with Crippen molar-refractivity contribution in [2.75, 3.05) is 13.2 Å². The predicted molar refractivity (Wildman–Crippen MR) is 94.7 cm³/mol. The molecule has 0 amide bonds. The van der Waals surface area contributed by atoms with Crippen LogP contribution in [0, 0.1) is 58.2 Å². The summed E-state index contributed by atoms with van der Waals surface area (Å²) < 4.78 is 145. The van der Waals surface area contributed by atoms with E-state index >= 15 is 0 Å². The van der Waals surface area contributed by atoms with Gasteiger partial charge in [0, 0.05) is 12.4 Å². The van der Waals surface area contributed by atoms with Crippen LogP contribution in [0.15, 0.2) is 9.98 Å². The molecule has 0 N–H and O–H groups in total. The Bertz CT molecular complexity index is 1070. The third-order valence-electron chi connectivity index (χ3n) is 5.28. The zero-order chi connectivity index (χ0) is 24.9. The maximum Gasteiger partial charge on any atom is 0.200 e. The highest BCUT2D eigenvalue weighted by molar-refractivity contribution is 5.81. The monoisotopic (exact) mass is 500 g/mol. The molecule has 2 heterocycles. The van der Waals surface area contributed by atoms with Crippen LogP contribution in [-0.4, -0.2) is 49.9 Å². The van der Waals surface area contributed by atoms with Crippen molar-refractivity contribution >= 4 is 12.4 Å². The van der Waals surface area contributed by atoms with E-state index in [9.17, 15) is 43.9 Å². The van der Waals surface area contributed by atoms with Crippen LogP contribution in [0.5, 0.6) is 0 Å². The minimum atomic E-state index is -2.33. The molecule has 0 unspecified atom stereocenters. The minimum Gasteiger partial charge on any atom is -0.371 e. The summed E-state index contributed by atoms with van der Waals surface area (Å²) in [5.41, 5.74) is -2.56. The largest absolute Gasteiger partial charge is 0.371 e. The highest BCUT2D eigenvalue weighted by Crippen LogP contribution is 2.31. The summed E-state index contributed by atoms with van der Waals surface area (Å²) in [6, 6.07) is -1.95. The molecule has 4 rings (SSSR count). The molecule has 4 atom stereocenters. The second kappa shape index (κ2) is 8.98. The van der Waals surface area contributed by atoms with E-state index < -0.39 is 93.6 Å². The number of ether oxygens (including phenoxy) is 2. The fourth-order valence-electron chi connectivity index (χ4n) is 3.53. The lowest BCUT2D eigenvalue weighted by atomic mass is 10.1. The van der Waals surface area contributed by atoms with Crippen molar-refractivity contribution in [1.29, 1.82) is 0 Å². The molecule has 4 nitrogen and oxygen atoms in total. The Morgan fingerprint density at radius 3 is 1.03 bits per heavy atom. The summed E-state index contributed by atoms with van der Waals surface area (Å²) in [6.45, 7) is -0.481. The Kier molecular flexibility index (Phi) is 6.38. The highest BCUT2D eigenvalue weighted by Gasteiger charge is 2.47. The number of hydrogen-bond acceptors (Lipinski definition) is 4. The maximum absolute atomic E-state index is 13.8. The van der Waals surface area contributed by atoms with Crippen molar-refractivity contribution < 1.29 is 53.4 Å². The number of halogens is 10. The Morgan fingerprint density at radius 1 is 0.471 bits per heavy atom. The zero-order valence-electron chi connectivity index (χ0n) is 16.4. The third-order valence-corrected chi connectivity index (χ3v) is 5.28. The van der Waals surface area contributed by atoms with Crippen LogP contribution < -0.4 is 0 Å². The van der Waals surface area contributed by atoms with E-state index in [4.69, 9.17) is 9.47 Å². The molecule has 0 bridgehead atoms. The summed E-state index contributed by atoms with van der Waals surface area (Å²) in [6.07, 6.45) is -1.00. The normalized spacial score (nSPS) is 24.6. The van der Waals surface area contributed by atoms with Crippen LogP contribution in [0.1, 0.15) is 11.1 Å². The van der Waals surface area contributed by atoms with Gasteiger partial charge in [0.25, 0.3) is 0 Å². The van der Waals surface area contributed by atoms with Gasteiger partial charge in [0.2, 0.25) is 11.6 Å². The molecule has 2 aromatic rings. The molecule has 182 valence electrons. The van der Waals surface area contributed by atoms with Gasteiger partial charge >= 0.3 is 0 Å². The van der Waals surface area contributed by atoms with E-state index in [1.807, 2.05) is 0 Å². The van der Waals surface area contributed by atoms with Gasteiger partial charge < -0.3 is 9.47 Å². The van der Waals surface area contributed by atoms with Crippen LogP contribution in [0.4, 0.5) is 43.9 Å². The molecule has 14 heteroatoms. The van der Waals surface area contributed by atoms with Crippen molar-refractivity contribution in [3.63, 3.8) is 0 Å². The van der Waals surface area contributed by atoms with Crippen molar-refractivity contribution in [3.05, 3.63) is 69.3 Å². The number of fused-ring (bicyclic) bond motifs is 1. The van der Waals surface area contributed by atoms with E-state index in [-0.39, 0.29) is 13.2 Å². The number of aliphatic imine (C=N–C) groups is 2. The van der Waals surface area contributed by atoms with Gasteiger partial charge in [-0.15, -0.1) is 0 Å². The molecule has 2 saturated heterocycles. The SMILES string of the molecule is Fc1c(F)c(F)c(C=N[C@H]2CO[C@H]3[C@@H]2OC[C@@H]3N=Cc2c(F)c(F)c(F)c(F)c2F)c(F)c1F. The van der Waals surface area contributed by atoms with Crippen LogP contribution in [0.3, 0.4) is 0 Å². The molecular weight excluding hydrogens is 490 g/mol. The number of hydrogen-bond donors (Lipinski definition) is 0. The first-order valence-corrected chi connectivity index (χ1v) is 9.37. The van der Waals surface area contributed by atoms with E-state index in [1.54, 1.807) is 0 Å². The van der Waals surface area contributed by atoms with Crippen molar-refractivity contribution in [2.45, 2.75) is 24.3 Å². The number of nitrogens with zero attached hydrogens (tertiary/aromatic N) is 2. The summed E-state index contributed by atoms with van der Waals surface area (Å²) in [5.74, 6) is -21.6. The van der Waals surface area contributed by atoms with E-state index in [1.165, 1.54) is 0 Å². The predicted octanol–water partition coefficient (Wildman–Crippen LogP) is 4.15. The maximum atomic E-state index is 13.8. The van der Waals surface area contributed by atoms with Gasteiger partial charge in [-0.3, -0.25) is 9.98 Å². The fraction of sp³-hybridized carbons (Fsp3) is 0.300.